The highest BCUT2D eigenvalue weighted by atomic mass is 127. The molecule has 6 heteroatoms. The number of nitrogens with one attached hydrogen (secondary N) is 2. The van der Waals surface area contributed by atoms with Crippen molar-refractivity contribution in [2.45, 2.75) is 26.3 Å². The van der Waals surface area contributed by atoms with E-state index in [1.807, 2.05) is 18.2 Å². The fourth-order valence-electron chi connectivity index (χ4n) is 1.71. The Morgan fingerprint density at radius 3 is 2.85 bits per heavy atom. The summed E-state index contributed by atoms with van der Waals surface area (Å²) in [5, 5.41) is 9.79. The number of nitrogens with zero attached hydrogens (tertiary/aromatic N) is 2. The van der Waals surface area contributed by atoms with Gasteiger partial charge in [0, 0.05) is 11.9 Å². The number of benzene rings is 1. The van der Waals surface area contributed by atoms with Crippen molar-refractivity contribution in [3.05, 3.63) is 47.8 Å². The van der Waals surface area contributed by atoms with Gasteiger partial charge >= 0.3 is 0 Å². The van der Waals surface area contributed by atoms with Gasteiger partial charge in [0.15, 0.2) is 5.96 Å². The molecular weight excluding hydrogens is 365 g/mol. The summed E-state index contributed by atoms with van der Waals surface area (Å²) in [4.78, 5) is 4.25. The molecule has 0 amide bonds. The van der Waals surface area contributed by atoms with Gasteiger partial charge in [0.1, 0.15) is 0 Å². The summed E-state index contributed by atoms with van der Waals surface area (Å²) in [7, 11) is 0. The van der Waals surface area contributed by atoms with Gasteiger partial charge in [-0.3, -0.25) is 5.10 Å². The van der Waals surface area contributed by atoms with Gasteiger partial charge in [0.05, 0.1) is 12.2 Å². The summed E-state index contributed by atoms with van der Waals surface area (Å²) in [6.45, 7) is 4.81. The van der Waals surface area contributed by atoms with Crippen LogP contribution in [0.2, 0.25) is 0 Å². The molecular formula is C14H20IN5. The number of H-pyrrole nitrogens is 1. The first-order valence-corrected chi connectivity index (χ1v) is 6.30. The van der Waals surface area contributed by atoms with Crippen LogP contribution in [0.5, 0.6) is 0 Å². The van der Waals surface area contributed by atoms with Crippen molar-refractivity contribution in [2.75, 3.05) is 5.32 Å². The lowest BCUT2D eigenvalue weighted by Crippen LogP contribution is -2.22. The fraction of sp³-hybridized carbons (Fsp3) is 0.286. The molecule has 4 N–H and O–H groups in total. The number of guanidine groups is 1. The number of aromatic nitrogens is 2. The highest BCUT2D eigenvalue weighted by Gasteiger charge is 2.01. The minimum absolute atomic E-state index is 0. The number of anilines is 1. The zero-order valence-corrected chi connectivity index (χ0v) is 14.0. The Bertz CT molecular complexity index is 548. The van der Waals surface area contributed by atoms with Crippen LogP contribution in [0.25, 0.3) is 0 Å². The Kier molecular flexibility index (Phi) is 6.50. The highest BCUT2D eigenvalue weighted by molar-refractivity contribution is 14.0. The first-order chi connectivity index (χ1) is 9.15. The molecule has 0 aliphatic rings. The third-order valence-corrected chi connectivity index (χ3v) is 2.80. The quantitative estimate of drug-likeness (QED) is 0.430. The number of nitrogens with two attached hydrogens (primary N) is 1. The van der Waals surface area contributed by atoms with Crippen molar-refractivity contribution in [1.82, 2.24) is 10.2 Å². The Morgan fingerprint density at radius 1 is 1.40 bits per heavy atom. The fourth-order valence-corrected chi connectivity index (χ4v) is 1.71. The lowest BCUT2D eigenvalue weighted by Gasteiger charge is -2.09. The van der Waals surface area contributed by atoms with Crippen molar-refractivity contribution in [3.63, 3.8) is 0 Å². The third-order valence-electron chi connectivity index (χ3n) is 2.80. The van der Waals surface area contributed by atoms with Crippen molar-refractivity contribution in [3.8, 4) is 0 Å². The van der Waals surface area contributed by atoms with Crippen LogP contribution >= 0.6 is 24.0 Å². The van der Waals surface area contributed by atoms with Crippen molar-refractivity contribution in [1.29, 1.82) is 0 Å². The molecule has 0 fully saturated rings. The van der Waals surface area contributed by atoms with Crippen LogP contribution in [-0.2, 0) is 6.54 Å². The molecule has 1 aromatic heterocycles. The Labute approximate surface area is 136 Å². The second-order valence-corrected chi connectivity index (χ2v) is 4.69. The van der Waals surface area contributed by atoms with Gasteiger partial charge in [-0.2, -0.15) is 5.10 Å². The predicted octanol–water partition coefficient (Wildman–Crippen LogP) is 3.08. The smallest absolute Gasteiger partial charge is 0.193 e. The maximum atomic E-state index is 5.85. The normalized spacial score (nSPS) is 11.2. The molecule has 0 spiro atoms. The van der Waals surface area contributed by atoms with E-state index in [9.17, 15) is 0 Å². The maximum absolute atomic E-state index is 5.85. The molecule has 0 unspecified atom stereocenters. The Balaban J connectivity index is 0.00000200. The zero-order valence-electron chi connectivity index (χ0n) is 11.6. The van der Waals surface area contributed by atoms with Crippen LogP contribution in [0.3, 0.4) is 0 Å². The zero-order chi connectivity index (χ0) is 13.7. The Morgan fingerprint density at radius 2 is 2.20 bits per heavy atom. The summed E-state index contributed by atoms with van der Waals surface area (Å²) in [6.07, 6.45) is 1.70. The molecule has 0 radical (unpaired) electrons. The molecule has 0 atom stereocenters. The van der Waals surface area contributed by atoms with Gasteiger partial charge in [0.25, 0.3) is 0 Å². The first-order valence-electron chi connectivity index (χ1n) is 6.30. The second-order valence-electron chi connectivity index (χ2n) is 4.69. The molecule has 0 saturated heterocycles. The van der Waals surface area contributed by atoms with Crippen molar-refractivity contribution < 1.29 is 0 Å². The summed E-state index contributed by atoms with van der Waals surface area (Å²) < 4.78 is 0. The summed E-state index contributed by atoms with van der Waals surface area (Å²) >= 11 is 0. The topological polar surface area (TPSA) is 79.1 Å². The standard InChI is InChI=1S/C14H19N5.HI/c1-10(2)11-4-3-5-12(8-11)18-14(15)16-9-13-6-7-17-19-13;/h3-8,10H,9H2,1-2H3,(H,17,19)(H3,15,16,18);1H. The van der Waals surface area contributed by atoms with Gasteiger partial charge in [0.2, 0.25) is 0 Å². The summed E-state index contributed by atoms with van der Waals surface area (Å²) in [5.41, 5.74) is 9.01. The number of hydrogen-bond acceptors (Lipinski definition) is 2. The van der Waals surface area contributed by atoms with Crippen LogP contribution in [0, 0.1) is 0 Å². The van der Waals surface area contributed by atoms with Crippen LogP contribution in [0.4, 0.5) is 5.69 Å². The van der Waals surface area contributed by atoms with E-state index in [1.165, 1.54) is 5.56 Å². The van der Waals surface area contributed by atoms with E-state index in [-0.39, 0.29) is 24.0 Å². The van der Waals surface area contributed by atoms with E-state index in [0.717, 1.165) is 11.4 Å². The Hall–Kier alpha value is -1.57. The first kappa shape index (κ1) is 16.5. The van der Waals surface area contributed by atoms with Gasteiger partial charge in [-0.25, -0.2) is 4.99 Å². The van der Waals surface area contributed by atoms with E-state index in [0.29, 0.717) is 18.4 Å². The van der Waals surface area contributed by atoms with Crippen molar-refractivity contribution in [2.24, 2.45) is 10.7 Å². The van der Waals surface area contributed by atoms with E-state index in [1.54, 1.807) is 6.20 Å². The van der Waals surface area contributed by atoms with E-state index >= 15 is 0 Å². The molecule has 0 saturated carbocycles. The molecule has 0 bridgehead atoms. The maximum Gasteiger partial charge on any atom is 0.193 e. The highest BCUT2D eigenvalue weighted by Crippen LogP contribution is 2.18. The van der Waals surface area contributed by atoms with E-state index < -0.39 is 0 Å². The van der Waals surface area contributed by atoms with E-state index in [4.69, 9.17) is 5.73 Å². The molecule has 20 heavy (non-hydrogen) atoms. The van der Waals surface area contributed by atoms with Crippen LogP contribution in [-0.4, -0.2) is 16.2 Å². The largest absolute Gasteiger partial charge is 0.370 e. The number of halogens is 1. The summed E-state index contributed by atoms with van der Waals surface area (Å²) in [5.74, 6) is 0.889. The average molecular weight is 385 g/mol. The second kappa shape index (κ2) is 7.88. The van der Waals surface area contributed by atoms with Gasteiger partial charge in [-0.05, 0) is 29.7 Å². The molecule has 1 heterocycles. The molecule has 2 aromatic rings. The number of rotatable bonds is 4. The lowest BCUT2D eigenvalue weighted by molar-refractivity contribution is 0.867. The minimum atomic E-state index is 0. The van der Waals surface area contributed by atoms with E-state index in [2.05, 4.69) is 46.5 Å². The molecule has 0 aliphatic carbocycles. The van der Waals surface area contributed by atoms with Gasteiger partial charge < -0.3 is 11.1 Å². The number of aromatic amines is 1. The molecule has 108 valence electrons. The molecule has 1 aromatic carbocycles. The molecule has 0 aliphatic heterocycles. The molecule has 2 rings (SSSR count). The minimum Gasteiger partial charge on any atom is -0.370 e. The predicted molar refractivity (Wildman–Crippen MR) is 93.5 cm³/mol. The summed E-state index contributed by atoms with van der Waals surface area (Å²) in [6, 6.07) is 10.1. The van der Waals surface area contributed by atoms with Crippen LogP contribution < -0.4 is 11.1 Å². The lowest BCUT2D eigenvalue weighted by atomic mass is 10.0. The van der Waals surface area contributed by atoms with Crippen LogP contribution in [0.1, 0.15) is 31.0 Å². The third kappa shape index (κ3) is 4.84. The molecule has 5 nitrogen and oxygen atoms in total. The monoisotopic (exact) mass is 385 g/mol. The number of aliphatic imine (C=N–C) groups is 1. The number of hydrogen-bond donors (Lipinski definition) is 3. The van der Waals surface area contributed by atoms with Crippen LogP contribution in [0.15, 0.2) is 41.5 Å². The van der Waals surface area contributed by atoms with Gasteiger partial charge in [-0.1, -0.05) is 26.0 Å². The van der Waals surface area contributed by atoms with Crippen molar-refractivity contribution >= 4 is 35.6 Å². The SMILES string of the molecule is CC(C)c1cccc(NC(N)=NCc2ccn[nH]2)c1.I. The average Bonchev–Trinajstić information content (AvgIpc) is 2.90. The van der Waals surface area contributed by atoms with Gasteiger partial charge in [-0.15, -0.1) is 24.0 Å².